The minimum atomic E-state index is 0.519. The molecule has 2 N–H and O–H groups in total. The van der Waals surface area contributed by atoms with Crippen molar-refractivity contribution in [1.29, 1.82) is 0 Å². The monoisotopic (exact) mass is 422 g/mol. The molecule has 1 aliphatic carbocycles. The van der Waals surface area contributed by atoms with E-state index in [1.807, 2.05) is 19.2 Å². The third-order valence-electron chi connectivity index (χ3n) is 7.59. The molecule has 3 fully saturated rings. The quantitative estimate of drug-likeness (QED) is 0.641. The van der Waals surface area contributed by atoms with Crippen LogP contribution in [0.25, 0.3) is 22.2 Å². The summed E-state index contributed by atoms with van der Waals surface area (Å²) < 4.78 is 5.68. The fraction of sp³-hybridized carbons (Fsp3) is 0.500. The number of halogens is 1. The van der Waals surface area contributed by atoms with E-state index in [2.05, 4.69) is 38.7 Å². The Kier molecular flexibility index (Phi) is 4.59. The number of nitrogens with one attached hydrogen (secondary N) is 2. The fourth-order valence-electron chi connectivity index (χ4n) is 6.16. The van der Waals surface area contributed by atoms with Crippen LogP contribution in [0.5, 0.6) is 0 Å². The number of aromatic amines is 1. The van der Waals surface area contributed by atoms with E-state index >= 15 is 0 Å². The molecule has 4 heterocycles. The summed E-state index contributed by atoms with van der Waals surface area (Å²) in [6.07, 6.45) is 5.47. The van der Waals surface area contributed by atoms with E-state index in [1.54, 1.807) is 0 Å². The van der Waals surface area contributed by atoms with E-state index in [1.165, 1.54) is 24.8 Å². The number of fused-ring (bicyclic) bond motifs is 2. The molecule has 156 valence electrons. The number of ether oxygens (including phenoxy) is 1. The van der Waals surface area contributed by atoms with Crippen molar-refractivity contribution in [3.63, 3.8) is 0 Å². The molecule has 6 rings (SSSR count). The van der Waals surface area contributed by atoms with Crippen LogP contribution in [-0.4, -0.2) is 41.0 Å². The summed E-state index contributed by atoms with van der Waals surface area (Å²) in [7, 11) is 0. The lowest BCUT2D eigenvalue weighted by molar-refractivity contribution is 0.171. The lowest BCUT2D eigenvalue weighted by Crippen LogP contribution is -2.35. The van der Waals surface area contributed by atoms with Crippen LogP contribution in [-0.2, 0) is 4.74 Å². The number of benzene rings is 1. The molecule has 0 spiro atoms. The minimum absolute atomic E-state index is 0.519. The van der Waals surface area contributed by atoms with Gasteiger partial charge in [-0.25, -0.2) is 0 Å². The number of rotatable bonds is 3. The van der Waals surface area contributed by atoms with Gasteiger partial charge in [0.05, 0.1) is 12.1 Å². The zero-order valence-corrected chi connectivity index (χ0v) is 18.0. The molecule has 0 amide bonds. The summed E-state index contributed by atoms with van der Waals surface area (Å²) in [5.41, 5.74) is 5.35. The van der Waals surface area contributed by atoms with E-state index < -0.39 is 0 Å². The highest BCUT2D eigenvalue weighted by Gasteiger charge is 2.47. The maximum absolute atomic E-state index is 6.79. The molecule has 30 heavy (non-hydrogen) atoms. The highest BCUT2D eigenvalue weighted by Crippen LogP contribution is 2.50. The minimum Gasteiger partial charge on any atom is -0.381 e. The molecular formula is C24H27ClN4O. The smallest absolute Gasteiger partial charge is 0.100 e. The summed E-state index contributed by atoms with van der Waals surface area (Å²) in [4.78, 5) is 4.32. The number of hydrogen-bond acceptors (Lipinski definition) is 4. The third kappa shape index (κ3) is 3.06. The number of hydrogen-bond donors (Lipinski definition) is 2. The van der Waals surface area contributed by atoms with Gasteiger partial charge in [0.15, 0.2) is 0 Å². The first kappa shape index (κ1) is 18.8. The van der Waals surface area contributed by atoms with Gasteiger partial charge in [0.25, 0.3) is 0 Å². The Morgan fingerprint density at radius 2 is 2.10 bits per heavy atom. The van der Waals surface area contributed by atoms with Gasteiger partial charge in [0, 0.05) is 46.4 Å². The largest absolute Gasteiger partial charge is 0.381 e. The zero-order chi connectivity index (χ0) is 20.2. The Balaban J connectivity index is 1.33. The van der Waals surface area contributed by atoms with Crippen molar-refractivity contribution in [2.45, 2.75) is 38.1 Å². The maximum atomic E-state index is 6.79. The van der Waals surface area contributed by atoms with E-state index in [9.17, 15) is 0 Å². The second-order valence-electron chi connectivity index (χ2n) is 9.33. The lowest BCUT2D eigenvalue weighted by Gasteiger charge is -2.24. The van der Waals surface area contributed by atoms with Crippen molar-refractivity contribution < 1.29 is 4.74 Å². The SMILES string of the molecule is Cc1cc(-c2n[nH]c3cc(Cl)c([C@H]4C[C@@H]5CN[C@H]([C@@H]6CCOC6)[C@H]5C4)cc23)ccn1. The third-order valence-corrected chi connectivity index (χ3v) is 7.92. The molecule has 0 unspecified atom stereocenters. The van der Waals surface area contributed by atoms with Gasteiger partial charge >= 0.3 is 0 Å². The number of aromatic nitrogens is 3. The van der Waals surface area contributed by atoms with Gasteiger partial charge in [-0.15, -0.1) is 0 Å². The average molecular weight is 423 g/mol. The first-order valence-electron chi connectivity index (χ1n) is 11.1. The Morgan fingerprint density at radius 1 is 1.17 bits per heavy atom. The molecule has 0 radical (unpaired) electrons. The number of nitrogens with zero attached hydrogens (tertiary/aromatic N) is 2. The molecule has 1 saturated carbocycles. The molecule has 2 aliphatic heterocycles. The van der Waals surface area contributed by atoms with Gasteiger partial charge in [0.2, 0.25) is 0 Å². The molecular weight excluding hydrogens is 396 g/mol. The van der Waals surface area contributed by atoms with Crippen LogP contribution in [0, 0.1) is 24.7 Å². The Bertz CT molecular complexity index is 1090. The zero-order valence-electron chi connectivity index (χ0n) is 17.2. The van der Waals surface area contributed by atoms with Crippen LogP contribution < -0.4 is 5.32 Å². The van der Waals surface area contributed by atoms with Gasteiger partial charge in [0.1, 0.15) is 5.69 Å². The van der Waals surface area contributed by atoms with Crippen molar-refractivity contribution >= 4 is 22.5 Å². The Labute approximate surface area is 181 Å². The molecule has 0 bridgehead atoms. The van der Waals surface area contributed by atoms with E-state index in [-0.39, 0.29) is 0 Å². The van der Waals surface area contributed by atoms with E-state index in [0.717, 1.165) is 64.5 Å². The van der Waals surface area contributed by atoms with E-state index in [0.29, 0.717) is 17.9 Å². The van der Waals surface area contributed by atoms with Crippen molar-refractivity contribution in [2.75, 3.05) is 19.8 Å². The highest BCUT2D eigenvalue weighted by molar-refractivity contribution is 6.32. The molecule has 2 saturated heterocycles. The van der Waals surface area contributed by atoms with Gasteiger partial charge in [-0.1, -0.05) is 11.6 Å². The first-order valence-corrected chi connectivity index (χ1v) is 11.5. The van der Waals surface area contributed by atoms with Crippen molar-refractivity contribution in [3.05, 3.63) is 46.7 Å². The standard InChI is InChI=1S/C24H27ClN4O/c1-13-6-14(2-4-26-13)24-20-9-18(21(25)10-22(20)28-29-24)16-7-17-11-27-23(19(17)8-16)15-3-5-30-12-15/h2,4,6,9-10,15-17,19,23,27H,3,5,7-8,11-12H2,1H3,(H,28,29)/t15-,16+,17-,19+,23-/m1/s1. The summed E-state index contributed by atoms with van der Waals surface area (Å²) in [6.45, 7) is 4.99. The second-order valence-corrected chi connectivity index (χ2v) is 9.73. The van der Waals surface area contributed by atoms with E-state index in [4.69, 9.17) is 16.3 Å². The number of H-pyrrole nitrogens is 1. The second kappa shape index (κ2) is 7.33. The van der Waals surface area contributed by atoms with Gasteiger partial charge in [-0.2, -0.15) is 5.10 Å². The van der Waals surface area contributed by atoms with Crippen molar-refractivity contribution in [1.82, 2.24) is 20.5 Å². The summed E-state index contributed by atoms with van der Waals surface area (Å²) in [5, 5.41) is 13.6. The van der Waals surface area contributed by atoms with Crippen LogP contribution in [0.2, 0.25) is 5.02 Å². The lowest BCUT2D eigenvalue weighted by atomic mass is 9.85. The predicted molar refractivity (Wildman–Crippen MR) is 119 cm³/mol. The molecule has 1 aromatic carbocycles. The van der Waals surface area contributed by atoms with Crippen LogP contribution in [0.4, 0.5) is 0 Å². The molecule has 3 aromatic rings. The van der Waals surface area contributed by atoms with Crippen LogP contribution in [0.15, 0.2) is 30.5 Å². The normalized spacial score (nSPS) is 30.9. The number of aryl methyl sites for hydroxylation is 1. The first-order chi connectivity index (χ1) is 14.7. The van der Waals surface area contributed by atoms with Gasteiger partial charge in [-0.3, -0.25) is 10.1 Å². The van der Waals surface area contributed by atoms with Crippen LogP contribution >= 0.6 is 11.6 Å². The average Bonchev–Trinajstić information content (AvgIpc) is 3.50. The number of pyridine rings is 1. The molecule has 5 nitrogen and oxygen atoms in total. The molecule has 2 aromatic heterocycles. The molecule has 5 atom stereocenters. The van der Waals surface area contributed by atoms with Crippen molar-refractivity contribution in [3.8, 4) is 11.3 Å². The Morgan fingerprint density at radius 3 is 2.93 bits per heavy atom. The summed E-state index contributed by atoms with van der Waals surface area (Å²) >= 11 is 6.79. The summed E-state index contributed by atoms with van der Waals surface area (Å²) in [6, 6.07) is 9.07. The highest BCUT2D eigenvalue weighted by atomic mass is 35.5. The molecule has 3 aliphatic rings. The Hall–Kier alpha value is -1.95. The fourth-order valence-corrected chi connectivity index (χ4v) is 6.48. The van der Waals surface area contributed by atoms with Gasteiger partial charge in [-0.05, 0) is 80.3 Å². The topological polar surface area (TPSA) is 62.8 Å². The maximum Gasteiger partial charge on any atom is 0.100 e. The molecule has 6 heteroatoms. The van der Waals surface area contributed by atoms with Gasteiger partial charge < -0.3 is 10.1 Å². The van der Waals surface area contributed by atoms with Crippen LogP contribution in [0.1, 0.15) is 36.4 Å². The predicted octanol–water partition coefficient (Wildman–Crippen LogP) is 4.70. The van der Waals surface area contributed by atoms with Crippen LogP contribution in [0.3, 0.4) is 0 Å². The van der Waals surface area contributed by atoms with Crippen molar-refractivity contribution in [2.24, 2.45) is 17.8 Å². The summed E-state index contributed by atoms with van der Waals surface area (Å²) in [5.74, 6) is 2.68.